The van der Waals surface area contributed by atoms with Gasteiger partial charge < -0.3 is 15.4 Å². The van der Waals surface area contributed by atoms with Crippen molar-refractivity contribution in [2.24, 2.45) is 11.7 Å². The predicted octanol–water partition coefficient (Wildman–Crippen LogP) is 1.07. The molecule has 98 valence electrons. The van der Waals surface area contributed by atoms with Crippen molar-refractivity contribution in [3.8, 4) is 0 Å². The number of likely N-dealkylation sites (tertiary alicyclic amines) is 1. The van der Waals surface area contributed by atoms with E-state index in [9.17, 15) is 14.0 Å². The van der Waals surface area contributed by atoms with Crippen LogP contribution in [0.4, 0.5) is 9.18 Å². The molecule has 1 saturated heterocycles. The Morgan fingerprint density at radius 1 is 1.47 bits per heavy atom. The van der Waals surface area contributed by atoms with Crippen LogP contribution in [0.3, 0.4) is 0 Å². The maximum absolute atomic E-state index is 13.4. The monoisotopic (exact) mass is 246 g/mol. The van der Waals surface area contributed by atoms with Gasteiger partial charge in [0.1, 0.15) is 5.60 Å². The Labute approximate surface area is 100 Å². The molecule has 1 heterocycles. The molecule has 2 amide bonds. The Bertz CT molecular complexity index is 314. The summed E-state index contributed by atoms with van der Waals surface area (Å²) in [7, 11) is 0. The Balaban J connectivity index is 2.50. The van der Waals surface area contributed by atoms with Gasteiger partial charge in [-0.05, 0) is 27.2 Å². The summed E-state index contributed by atoms with van der Waals surface area (Å²) in [6, 6.07) is 0. The largest absolute Gasteiger partial charge is 0.444 e. The molecule has 17 heavy (non-hydrogen) atoms. The van der Waals surface area contributed by atoms with E-state index in [1.165, 1.54) is 4.90 Å². The van der Waals surface area contributed by atoms with Gasteiger partial charge in [0.05, 0.1) is 0 Å². The average molecular weight is 246 g/mol. The zero-order valence-corrected chi connectivity index (χ0v) is 10.4. The van der Waals surface area contributed by atoms with Gasteiger partial charge in [0.25, 0.3) is 5.91 Å². The van der Waals surface area contributed by atoms with E-state index in [4.69, 9.17) is 10.5 Å². The van der Waals surface area contributed by atoms with Gasteiger partial charge in [-0.2, -0.15) is 0 Å². The molecule has 2 unspecified atom stereocenters. The van der Waals surface area contributed by atoms with E-state index < -0.39 is 29.7 Å². The van der Waals surface area contributed by atoms with Crippen molar-refractivity contribution in [1.82, 2.24) is 4.90 Å². The van der Waals surface area contributed by atoms with Crippen LogP contribution in [0, 0.1) is 5.92 Å². The van der Waals surface area contributed by atoms with Gasteiger partial charge in [-0.3, -0.25) is 4.79 Å². The minimum Gasteiger partial charge on any atom is -0.444 e. The number of ether oxygens (including phenoxy) is 1. The second-order valence-electron chi connectivity index (χ2n) is 5.28. The van der Waals surface area contributed by atoms with E-state index in [1.54, 1.807) is 20.8 Å². The number of nitrogens with zero attached hydrogens (tertiary/aromatic N) is 1. The van der Waals surface area contributed by atoms with E-state index in [0.717, 1.165) is 0 Å². The standard InChI is InChI=1S/C11H19FN2O3/c1-11(2,3)17-10(16)14-5-4-7(6-14)8(12)9(13)15/h7-8H,4-6H2,1-3H3,(H2,13,15). The number of hydrogen-bond acceptors (Lipinski definition) is 3. The molecule has 0 bridgehead atoms. The Kier molecular flexibility index (Phi) is 3.95. The van der Waals surface area contributed by atoms with Crippen molar-refractivity contribution in [2.75, 3.05) is 13.1 Å². The van der Waals surface area contributed by atoms with Crippen LogP contribution in [0.2, 0.25) is 0 Å². The molecule has 0 aromatic carbocycles. The molecule has 5 nitrogen and oxygen atoms in total. The topological polar surface area (TPSA) is 72.6 Å². The molecule has 1 aliphatic heterocycles. The summed E-state index contributed by atoms with van der Waals surface area (Å²) in [6.45, 7) is 5.87. The zero-order chi connectivity index (χ0) is 13.2. The van der Waals surface area contributed by atoms with Crippen molar-refractivity contribution < 1.29 is 18.7 Å². The number of alkyl halides is 1. The zero-order valence-electron chi connectivity index (χ0n) is 10.4. The first-order chi connectivity index (χ1) is 7.70. The van der Waals surface area contributed by atoms with Crippen molar-refractivity contribution in [3.63, 3.8) is 0 Å². The average Bonchev–Trinajstić information content (AvgIpc) is 2.62. The molecule has 0 aromatic rings. The number of carbonyl (C=O) groups is 2. The number of rotatable bonds is 2. The molecule has 1 rings (SSSR count). The van der Waals surface area contributed by atoms with Gasteiger partial charge in [0.2, 0.25) is 0 Å². The minimum absolute atomic E-state index is 0.180. The highest BCUT2D eigenvalue weighted by Crippen LogP contribution is 2.23. The third kappa shape index (κ3) is 3.87. The number of carbonyl (C=O) groups excluding carboxylic acids is 2. The minimum atomic E-state index is -1.69. The summed E-state index contributed by atoms with van der Waals surface area (Å²) in [5.74, 6) is -1.49. The highest BCUT2D eigenvalue weighted by atomic mass is 19.1. The number of halogens is 1. The van der Waals surface area contributed by atoms with Gasteiger partial charge in [0.15, 0.2) is 6.17 Å². The molecule has 1 aliphatic rings. The van der Waals surface area contributed by atoms with E-state index in [1.807, 2.05) is 0 Å². The lowest BCUT2D eigenvalue weighted by Gasteiger charge is -2.24. The lowest BCUT2D eigenvalue weighted by molar-refractivity contribution is -0.124. The van der Waals surface area contributed by atoms with Crippen molar-refractivity contribution >= 4 is 12.0 Å². The van der Waals surface area contributed by atoms with Crippen LogP contribution in [0.5, 0.6) is 0 Å². The summed E-state index contributed by atoms with van der Waals surface area (Å²) in [6.07, 6.45) is -1.73. The van der Waals surface area contributed by atoms with Crippen LogP contribution >= 0.6 is 0 Å². The molecule has 2 N–H and O–H groups in total. The lowest BCUT2D eigenvalue weighted by Crippen LogP contribution is -2.37. The summed E-state index contributed by atoms with van der Waals surface area (Å²) in [4.78, 5) is 23.8. The summed E-state index contributed by atoms with van der Waals surface area (Å²) in [5, 5.41) is 0. The van der Waals surface area contributed by atoms with Crippen LogP contribution in [0.15, 0.2) is 0 Å². The molecule has 0 spiro atoms. The first-order valence-electron chi connectivity index (χ1n) is 5.62. The predicted molar refractivity (Wildman–Crippen MR) is 60.0 cm³/mol. The van der Waals surface area contributed by atoms with Gasteiger partial charge in [-0.15, -0.1) is 0 Å². The first-order valence-corrected chi connectivity index (χ1v) is 5.62. The van der Waals surface area contributed by atoms with E-state index in [-0.39, 0.29) is 6.54 Å². The Morgan fingerprint density at radius 3 is 2.53 bits per heavy atom. The molecular formula is C11H19FN2O3. The summed E-state index contributed by atoms with van der Waals surface area (Å²) >= 11 is 0. The maximum Gasteiger partial charge on any atom is 0.410 e. The molecule has 0 aromatic heterocycles. The molecular weight excluding hydrogens is 227 g/mol. The molecule has 0 saturated carbocycles. The van der Waals surface area contributed by atoms with E-state index in [2.05, 4.69) is 0 Å². The van der Waals surface area contributed by atoms with E-state index in [0.29, 0.717) is 13.0 Å². The molecule has 1 fully saturated rings. The van der Waals surface area contributed by atoms with Gasteiger partial charge in [-0.1, -0.05) is 0 Å². The van der Waals surface area contributed by atoms with Crippen molar-refractivity contribution in [1.29, 1.82) is 0 Å². The van der Waals surface area contributed by atoms with Crippen molar-refractivity contribution in [2.45, 2.75) is 39.0 Å². The quantitative estimate of drug-likeness (QED) is 0.792. The second-order valence-corrected chi connectivity index (χ2v) is 5.28. The van der Waals surface area contributed by atoms with E-state index >= 15 is 0 Å². The molecule has 0 aliphatic carbocycles. The molecule has 0 radical (unpaired) electrons. The van der Waals surface area contributed by atoms with Gasteiger partial charge >= 0.3 is 6.09 Å². The molecule has 2 atom stereocenters. The van der Waals surface area contributed by atoms with Gasteiger partial charge in [-0.25, -0.2) is 9.18 Å². The fraction of sp³-hybridized carbons (Fsp3) is 0.818. The lowest BCUT2D eigenvalue weighted by atomic mass is 10.0. The third-order valence-electron chi connectivity index (χ3n) is 2.56. The van der Waals surface area contributed by atoms with Crippen LogP contribution in [-0.4, -0.2) is 41.8 Å². The second kappa shape index (κ2) is 4.89. The van der Waals surface area contributed by atoms with Crippen LogP contribution in [0.1, 0.15) is 27.2 Å². The van der Waals surface area contributed by atoms with Crippen LogP contribution in [0.25, 0.3) is 0 Å². The highest BCUT2D eigenvalue weighted by Gasteiger charge is 2.36. The van der Waals surface area contributed by atoms with Gasteiger partial charge in [0, 0.05) is 19.0 Å². The number of primary amides is 1. The molecule has 6 heteroatoms. The number of amides is 2. The van der Waals surface area contributed by atoms with Crippen LogP contribution in [-0.2, 0) is 9.53 Å². The Morgan fingerprint density at radius 2 is 2.06 bits per heavy atom. The van der Waals surface area contributed by atoms with Crippen molar-refractivity contribution in [3.05, 3.63) is 0 Å². The maximum atomic E-state index is 13.4. The normalized spacial score (nSPS) is 22.4. The SMILES string of the molecule is CC(C)(C)OC(=O)N1CCC(C(F)C(N)=O)C1. The smallest absolute Gasteiger partial charge is 0.410 e. The summed E-state index contributed by atoms with van der Waals surface area (Å²) in [5.41, 5.74) is 4.32. The number of hydrogen-bond donors (Lipinski definition) is 1. The fourth-order valence-electron chi connectivity index (χ4n) is 1.75. The van der Waals surface area contributed by atoms with Crippen LogP contribution < -0.4 is 5.73 Å². The third-order valence-corrected chi connectivity index (χ3v) is 2.56. The number of nitrogens with two attached hydrogens (primary N) is 1. The highest BCUT2D eigenvalue weighted by molar-refractivity contribution is 5.79. The fourth-order valence-corrected chi connectivity index (χ4v) is 1.75. The summed E-state index contributed by atoms with van der Waals surface area (Å²) < 4.78 is 18.5. The first kappa shape index (κ1) is 13.7. The Hall–Kier alpha value is -1.33.